The molecule has 0 atom stereocenters. The summed E-state index contributed by atoms with van der Waals surface area (Å²) in [6.45, 7) is 0. The van der Waals surface area contributed by atoms with Crippen molar-refractivity contribution in [2.45, 2.75) is 10.6 Å². The summed E-state index contributed by atoms with van der Waals surface area (Å²) in [7, 11) is 0. The van der Waals surface area contributed by atoms with Crippen molar-refractivity contribution in [1.29, 1.82) is 0 Å². The Balaban J connectivity index is 2.43. The third-order valence-electron chi connectivity index (χ3n) is 0.747. The zero-order chi connectivity index (χ0) is 5.49. The van der Waals surface area contributed by atoms with Gasteiger partial charge in [-0.2, -0.15) is 0 Å². The first-order valence-corrected chi connectivity index (χ1v) is 2.75. The molecule has 1 aliphatic heterocycles. The molecule has 1 N–H and O–H groups in total. The largest absolute Gasteiger partial charge is 0.333 e. The van der Waals surface area contributed by atoms with Crippen molar-refractivity contribution in [3.05, 3.63) is 0 Å². The van der Waals surface area contributed by atoms with E-state index < -0.39 is 4.20 Å². The van der Waals surface area contributed by atoms with E-state index in [2.05, 4.69) is 30.6 Å². The van der Waals surface area contributed by atoms with Gasteiger partial charge in [0.2, 0.25) is 5.91 Å². The molecule has 2 nitrogen and oxygen atoms in total. The molecule has 4 heteroatoms. The molecule has 0 aromatic rings. The Bertz CT molecular complexity index is 102. The summed E-state index contributed by atoms with van der Waals surface area (Å²) in [6.07, 6.45) is 0.416. The molecule has 40 valence electrons. The van der Waals surface area contributed by atoms with Crippen LogP contribution >= 0.6 is 25.3 Å². The zero-order valence-corrected chi connectivity index (χ0v) is 5.30. The Labute approximate surface area is 52.5 Å². The smallest absolute Gasteiger partial charge is 0.225 e. The van der Waals surface area contributed by atoms with Crippen LogP contribution in [-0.2, 0) is 4.79 Å². The van der Waals surface area contributed by atoms with Crippen LogP contribution in [-0.4, -0.2) is 10.1 Å². The van der Waals surface area contributed by atoms with Crippen molar-refractivity contribution < 1.29 is 4.79 Å². The van der Waals surface area contributed by atoms with E-state index in [0.717, 1.165) is 0 Å². The topological polar surface area (TPSA) is 29.1 Å². The van der Waals surface area contributed by atoms with E-state index in [4.69, 9.17) is 0 Å². The molecule has 0 radical (unpaired) electrons. The van der Waals surface area contributed by atoms with E-state index in [1.54, 1.807) is 0 Å². The fraction of sp³-hybridized carbons (Fsp3) is 0.667. The van der Waals surface area contributed by atoms with Crippen LogP contribution in [0.4, 0.5) is 0 Å². The lowest BCUT2D eigenvalue weighted by Gasteiger charge is -2.32. The highest BCUT2D eigenvalue weighted by molar-refractivity contribution is 8.00. The second-order valence-corrected chi connectivity index (χ2v) is 3.42. The van der Waals surface area contributed by atoms with E-state index in [1.165, 1.54) is 0 Å². The third-order valence-corrected chi connectivity index (χ3v) is 1.29. The minimum Gasteiger partial charge on any atom is -0.333 e. The van der Waals surface area contributed by atoms with Gasteiger partial charge >= 0.3 is 0 Å². The average Bonchev–Trinajstić information content (AvgIpc) is 1.27. The summed E-state index contributed by atoms with van der Waals surface area (Å²) >= 11 is 7.87. The van der Waals surface area contributed by atoms with Gasteiger partial charge < -0.3 is 5.32 Å². The predicted octanol–water partition coefficient (Wildman–Crippen LogP) is 0.0197. The summed E-state index contributed by atoms with van der Waals surface area (Å²) in [5.74, 6) is 0.0185. The molecular weight excluding hydrogens is 130 g/mol. The molecule has 1 rings (SSSR count). The van der Waals surface area contributed by atoms with Crippen LogP contribution in [0.1, 0.15) is 6.42 Å². The van der Waals surface area contributed by atoms with Crippen LogP contribution in [0.5, 0.6) is 0 Å². The second kappa shape index (κ2) is 1.32. The Morgan fingerprint density at radius 1 is 1.71 bits per heavy atom. The molecule has 0 aromatic heterocycles. The van der Waals surface area contributed by atoms with Gasteiger partial charge in [0.1, 0.15) is 4.20 Å². The molecule has 0 aromatic carbocycles. The van der Waals surface area contributed by atoms with Gasteiger partial charge in [-0.25, -0.2) is 0 Å². The van der Waals surface area contributed by atoms with Gasteiger partial charge in [0, 0.05) is 0 Å². The maximum absolute atomic E-state index is 10.1. The summed E-state index contributed by atoms with van der Waals surface area (Å²) in [6, 6.07) is 0. The Morgan fingerprint density at radius 2 is 2.14 bits per heavy atom. The van der Waals surface area contributed by atoms with Crippen molar-refractivity contribution in [2.75, 3.05) is 0 Å². The summed E-state index contributed by atoms with van der Waals surface area (Å²) in [5.41, 5.74) is 0. The van der Waals surface area contributed by atoms with Gasteiger partial charge in [-0.1, -0.05) is 0 Å². The van der Waals surface area contributed by atoms with E-state index >= 15 is 0 Å². The van der Waals surface area contributed by atoms with Gasteiger partial charge in [0.15, 0.2) is 0 Å². The standard InChI is InChI=1S/C3H5NOS2/c5-2-1-3(6,7)4-2/h6-7H,1H2,(H,4,5). The molecule has 0 aliphatic carbocycles. The molecule has 1 amide bonds. The molecule has 1 aliphatic rings. The highest BCUT2D eigenvalue weighted by atomic mass is 32.2. The zero-order valence-electron chi connectivity index (χ0n) is 3.51. The number of amides is 1. The van der Waals surface area contributed by atoms with E-state index in [-0.39, 0.29) is 5.91 Å². The van der Waals surface area contributed by atoms with Crippen molar-refractivity contribution in [3.8, 4) is 0 Å². The van der Waals surface area contributed by atoms with Crippen molar-refractivity contribution in [1.82, 2.24) is 5.32 Å². The number of carbonyl (C=O) groups is 1. The lowest BCUT2D eigenvalue weighted by molar-refractivity contribution is -0.126. The lowest BCUT2D eigenvalue weighted by Crippen LogP contribution is -2.53. The quantitative estimate of drug-likeness (QED) is 0.244. The molecule has 0 spiro atoms. The summed E-state index contributed by atoms with van der Waals surface area (Å²) in [4.78, 5) is 10.1. The van der Waals surface area contributed by atoms with E-state index in [0.29, 0.717) is 6.42 Å². The number of rotatable bonds is 0. The normalized spacial score (nSPS) is 25.7. The number of hydrogen-bond donors (Lipinski definition) is 3. The van der Waals surface area contributed by atoms with E-state index in [9.17, 15) is 4.79 Å². The first kappa shape index (κ1) is 5.31. The Morgan fingerprint density at radius 3 is 2.14 bits per heavy atom. The molecule has 0 bridgehead atoms. The van der Waals surface area contributed by atoms with Gasteiger partial charge in [0.25, 0.3) is 0 Å². The maximum atomic E-state index is 10.1. The number of thiol groups is 2. The molecule has 7 heavy (non-hydrogen) atoms. The second-order valence-electron chi connectivity index (χ2n) is 1.54. The minimum absolute atomic E-state index is 0.0185. The summed E-state index contributed by atoms with van der Waals surface area (Å²) < 4.78 is -0.517. The van der Waals surface area contributed by atoms with Crippen LogP contribution in [0, 0.1) is 0 Å². The van der Waals surface area contributed by atoms with Crippen LogP contribution < -0.4 is 5.32 Å². The molecule has 1 fully saturated rings. The molecule has 0 saturated carbocycles. The fourth-order valence-corrected chi connectivity index (χ4v) is 0.965. The van der Waals surface area contributed by atoms with Crippen molar-refractivity contribution in [2.24, 2.45) is 0 Å². The van der Waals surface area contributed by atoms with Crippen molar-refractivity contribution >= 4 is 31.2 Å². The van der Waals surface area contributed by atoms with E-state index in [1.807, 2.05) is 0 Å². The summed E-state index contributed by atoms with van der Waals surface area (Å²) in [5, 5.41) is 2.47. The third kappa shape index (κ3) is 1.04. The number of nitrogens with one attached hydrogen (secondary N) is 1. The Kier molecular flexibility index (Phi) is 1.00. The van der Waals surface area contributed by atoms with Crippen LogP contribution in [0.25, 0.3) is 0 Å². The number of hydrogen-bond acceptors (Lipinski definition) is 3. The Hall–Kier alpha value is 0.170. The van der Waals surface area contributed by atoms with Crippen LogP contribution in [0.3, 0.4) is 0 Å². The molecule has 0 unspecified atom stereocenters. The number of β-lactam (4-membered cyclic amide) rings is 1. The minimum atomic E-state index is -0.517. The predicted molar refractivity (Wildman–Crippen MR) is 33.5 cm³/mol. The number of carbonyl (C=O) groups excluding carboxylic acids is 1. The highest BCUT2D eigenvalue weighted by Gasteiger charge is 2.35. The van der Waals surface area contributed by atoms with Gasteiger partial charge in [-0.3, -0.25) is 4.79 Å². The average molecular weight is 135 g/mol. The first-order chi connectivity index (χ1) is 3.10. The van der Waals surface area contributed by atoms with Crippen LogP contribution in [0.2, 0.25) is 0 Å². The monoisotopic (exact) mass is 135 g/mol. The fourth-order valence-electron chi connectivity index (χ4n) is 0.429. The molecule has 1 heterocycles. The van der Waals surface area contributed by atoms with Gasteiger partial charge in [-0.05, 0) is 0 Å². The van der Waals surface area contributed by atoms with Crippen LogP contribution in [0.15, 0.2) is 0 Å². The van der Waals surface area contributed by atoms with Gasteiger partial charge in [0.05, 0.1) is 6.42 Å². The molecular formula is C3H5NOS2. The highest BCUT2D eigenvalue weighted by Crippen LogP contribution is 2.27. The van der Waals surface area contributed by atoms with Gasteiger partial charge in [-0.15, -0.1) is 25.3 Å². The molecule has 1 saturated heterocycles. The maximum Gasteiger partial charge on any atom is 0.225 e. The first-order valence-electron chi connectivity index (χ1n) is 1.86. The lowest BCUT2D eigenvalue weighted by atomic mass is 10.3. The SMILES string of the molecule is O=C1CC(S)(S)N1. The van der Waals surface area contributed by atoms with Crippen molar-refractivity contribution in [3.63, 3.8) is 0 Å².